The number of nitrogens with one attached hydrogen (secondary N) is 1. The van der Waals surface area contributed by atoms with Crippen LogP contribution in [0, 0.1) is 10.1 Å². The molecule has 0 aliphatic rings. The van der Waals surface area contributed by atoms with E-state index < -0.39 is 10.8 Å². The third-order valence-electron chi connectivity index (χ3n) is 2.59. The van der Waals surface area contributed by atoms with Gasteiger partial charge < -0.3 is 11.1 Å². The zero-order chi connectivity index (χ0) is 14.7. The van der Waals surface area contributed by atoms with Gasteiger partial charge in [-0.15, -0.1) is 0 Å². The Morgan fingerprint density at radius 2 is 1.85 bits per heavy atom. The van der Waals surface area contributed by atoms with Crippen LogP contribution in [-0.2, 0) is 0 Å². The zero-order valence-electron chi connectivity index (χ0n) is 10.2. The maximum absolute atomic E-state index is 12.0. The first kappa shape index (κ1) is 13.8. The number of carbonyl (C=O) groups excluding carboxylic acids is 1. The second-order valence-electron chi connectivity index (χ2n) is 3.99. The molecule has 0 atom stereocenters. The van der Waals surface area contributed by atoms with Crippen LogP contribution >= 0.6 is 11.6 Å². The maximum atomic E-state index is 12.0. The van der Waals surface area contributed by atoms with Gasteiger partial charge in [-0.25, -0.2) is 0 Å². The monoisotopic (exact) mass is 291 g/mol. The van der Waals surface area contributed by atoms with Gasteiger partial charge in [-0.2, -0.15) is 0 Å². The zero-order valence-corrected chi connectivity index (χ0v) is 10.9. The molecule has 2 rings (SSSR count). The number of hydrogen-bond acceptors (Lipinski definition) is 4. The first-order chi connectivity index (χ1) is 9.47. The van der Waals surface area contributed by atoms with Gasteiger partial charge in [-0.05, 0) is 36.4 Å². The smallest absolute Gasteiger partial charge is 0.292 e. The molecule has 20 heavy (non-hydrogen) atoms. The Kier molecular flexibility index (Phi) is 3.86. The van der Waals surface area contributed by atoms with E-state index in [9.17, 15) is 14.9 Å². The Morgan fingerprint density at radius 1 is 1.20 bits per heavy atom. The normalized spacial score (nSPS) is 10.1. The van der Waals surface area contributed by atoms with Crippen molar-refractivity contribution < 1.29 is 9.72 Å². The summed E-state index contributed by atoms with van der Waals surface area (Å²) in [5.41, 5.74) is 5.88. The summed E-state index contributed by atoms with van der Waals surface area (Å²) in [5.74, 6) is -0.463. The first-order valence-corrected chi connectivity index (χ1v) is 5.96. The number of carbonyl (C=O) groups is 1. The fraction of sp³-hybridized carbons (Fsp3) is 0. The summed E-state index contributed by atoms with van der Waals surface area (Å²) in [7, 11) is 0. The molecule has 0 radical (unpaired) electrons. The van der Waals surface area contributed by atoms with Gasteiger partial charge in [0.15, 0.2) is 0 Å². The lowest BCUT2D eigenvalue weighted by Gasteiger charge is -2.06. The van der Waals surface area contributed by atoms with Crippen LogP contribution in [0.3, 0.4) is 0 Å². The van der Waals surface area contributed by atoms with Crippen LogP contribution < -0.4 is 11.1 Å². The average molecular weight is 292 g/mol. The van der Waals surface area contributed by atoms with Crippen molar-refractivity contribution in [1.29, 1.82) is 0 Å². The van der Waals surface area contributed by atoms with Crippen LogP contribution in [0.4, 0.5) is 17.1 Å². The predicted molar refractivity (Wildman–Crippen MR) is 76.9 cm³/mol. The number of benzene rings is 2. The highest BCUT2D eigenvalue weighted by Gasteiger charge is 2.15. The lowest BCUT2D eigenvalue weighted by atomic mass is 10.1. The summed E-state index contributed by atoms with van der Waals surface area (Å²) in [4.78, 5) is 22.1. The lowest BCUT2D eigenvalue weighted by molar-refractivity contribution is -0.383. The van der Waals surface area contributed by atoms with Gasteiger partial charge >= 0.3 is 0 Å². The number of halogens is 1. The largest absolute Gasteiger partial charge is 0.393 e. The number of amides is 1. The minimum Gasteiger partial charge on any atom is -0.393 e. The van der Waals surface area contributed by atoms with Crippen LogP contribution in [0.2, 0.25) is 5.02 Å². The molecule has 0 spiro atoms. The fourth-order valence-electron chi connectivity index (χ4n) is 1.58. The molecule has 0 saturated heterocycles. The van der Waals surface area contributed by atoms with Crippen molar-refractivity contribution in [1.82, 2.24) is 0 Å². The number of nitrogens with zero attached hydrogens (tertiary/aromatic N) is 1. The van der Waals surface area contributed by atoms with E-state index in [1.54, 1.807) is 24.3 Å². The van der Waals surface area contributed by atoms with Crippen LogP contribution in [-0.4, -0.2) is 10.8 Å². The highest BCUT2D eigenvalue weighted by atomic mass is 35.5. The van der Waals surface area contributed by atoms with Gasteiger partial charge in [0.1, 0.15) is 5.69 Å². The van der Waals surface area contributed by atoms with Crippen molar-refractivity contribution in [3.8, 4) is 0 Å². The summed E-state index contributed by atoms with van der Waals surface area (Å²) >= 11 is 5.74. The molecule has 1 amide bonds. The molecule has 7 heteroatoms. The van der Waals surface area contributed by atoms with E-state index in [1.165, 1.54) is 12.1 Å². The number of nitro benzene ring substituents is 1. The number of rotatable bonds is 3. The van der Waals surface area contributed by atoms with Crippen LogP contribution in [0.1, 0.15) is 10.4 Å². The van der Waals surface area contributed by atoms with Gasteiger partial charge in [0.25, 0.3) is 11.6 Å². The average Bonchev–Trinajstić information content (AvgIpc) is 2.41. The molecule has 6 nitrogen and oxygen atoms in total. The Morgan fingerprint density at radius 3 is 2.45 bits per heavy atom. The molecule has 0 aliphatic heterocycles. The van der Waals surface area contributed by atoms with E-state index in [1.807, 2.05) is 0 Å². The van der Waals surface area contributed by atoms with Crippen molar-refractivity contribution >= 4 is 34.6 Å². The molecule has 0 heterocycles. The van der Waals surface area contributed by atoms with E-state index in [0.29, 0.717) is 10.7 Å². The van der Waals surface area contributed by atoms with Crippen LogP contribution in [0.25, 0.3) is 0 Å². The van der Waals surface area contributed by atoms with Gasteiger partial charge in [-0.3, -0.25) is 14.9 Å². The van der Waals surface area contributed by atoms with Gasteiger partial charge in [0.2, 0.25) is 0 Å². The van der Waals surface area contributed by atoms with E-state index in [2.05, 4.69) is 5.32 Å². The maximum Gasteiger partial charge on any atom is 0.292 e. The summed E-state index contributed by atoms with van der Waals surface area (Å²) in [6.07, 6.45) is 0. The van der Waals surface area contributed by atoms with Gasteiger partial charge in [-0.1, -0.05) is 11.6 Å². The number of anilines is 2. The molecule has 0 aliphatic carbocycles. The molecule has 2 aromatic rings. The van der Waals surface area contributed by atoms with E-state index in [-0.39, 0.29) is 16.9 Å². The lowest BCUT2D eigenvalue weighted by Crippen LogP contribution is -2.12. The third-order valence-corrected chi connectivity index (χ3v) is 2.84. The van der Waals surface area contributed by atoms with E-state index in [0.717, 1.165) is 6.07 Å². The molecule has 0 saturated carbocycles. The van der Waals surface area contributed by atoms with Gasteiger partial charge in [0.05, 0.1) is 4.92 Å². The van der Waals surface area contributed by atoms with Crippen molar-refractivity contribution in [3.05, 3.63) is 63.2 Å². The van der Waals surface area contributed by atoms with Crippen molar-refractivity contribution in [2.45, 2.75) is 0 Å². The Balaban J connectivity index is 2.23. The van der Waals surface area contributed by atoms with E-state index >= 15 is 0 Å². The highest BCUT2D eigenvalue weighted by molar-refractivity contribution is 6.30. The molecule has 3 N–H and O–H groups in total. The number of nitrogen functional groups attached to an aromatic ring is 1. The summed E-state index contributed by atoms with van der Waals surface area (Å²) < 4.78 is 0. The molecule has 0 unspecified atom stereocenters. The summed E-state index contributed by atoms with van der Waals surface area (Å²) in [5, 5.41) is 13.9. The Hall–Kier alpha value is -2.60. The predicted octanol–water partition coefficient (Wildman–Crippen LogP) is 3.08. The molecule has 0 fully saturated rings. The van der Waals surface area contributed by atoms with E-state index in [4.69, 9.17) is 17.3 Å². The van der Waals surface area contributed by atoms with Crippen LogP contribution in [0.15, 0.2) is 42.5 Å². The summed E-state index contributed by atoms with van der Waals surface area (Å²) in [6, 6.07) is 10.4. The second kappa shape index (κ2) is 5.58. The minimum absolute atomic E-state index is 0.0121. The van der Waals surface area contributed by atoms with Crippen LogP contribution in [0.5, 0.6) is 0 Å². The first-order valence-electron chi connectivity index (χ1n) is 5.58. The standard InChI is InChI=1S/C13H10ClN3O3/c14-9-2-4-10(5-3-9)16-13(18)8-1-6-11(15)12(7-8)17(19)20/h1-7H,15H2,(H,16,18). The molecule has 0 bridgehead atoms. The second-order valence-corrected chi connectivity index (χ2v) is 4.43. The van der Waals surface area contributed by atoms with Gasteiger partial charge in [0, 0.05) is 22.3 Å². The van der Waals surface area contributed by atoms with Crippen molar-refractivity contribution in [3.63, 3.8) is 0 Å². The SMILES string of the molecule is Nc1ccc(C(=O)Nc2ccc(Cl)cc2)cc1[N+](=O)[O-]. The molecule has 2 aromatic carbocycles. The highest BCUT2D eigenvalue weighted by Crippen LogP contribution is 2.23. The third kappa shape index (κ3) is 3.04. The molecule has 102 valence electrons. The quantitative estimate of drug-likeness (QED) is 0.516. The van der Waals surface area contributed by atoms with Crippen molar-refractivity contribution in [2.24, 2.45) is 0 Å². The molecule has 0 aromatic heterocycles. The minimum atomic E-state index is -0.631. The summed E-state index contributed by atoms with van der Waals surface area (Å²) in [6.45, 7) is 0. The Bertz CT molecular complexity index is 671. The number of nitrogens with two attached hydrogens (primary N) is 1. The topological polar surface area (TPSA) is 98.3 Å². The fourth-order valence-corrected chi connectivity index (χ4v) is 1.71. The number of nitro groups is 1. The number of hydrogen-bond donors (Lipinski definition) is 2. The molecular weight excluding hydrogens is 282 g/mol. The molecular formula is C13H10ClN3O3. The Labute approximate surface area is 119 Å². The van der Waals surface area contributed by atoms with Crippen molar-refractivity contribution in [2.75, 3.05) is 11.1 Å².